The Kier molecular flexibility index (Phi) is 7.19. The predicted octanol–water partition coefficient (Wildman–Crippen LogP) is 3.66. The summed E-state index contributed by atoms with van der Waals surface area (Å²) >= 11 is 3.38. The summed E-state index contributed by atoms with van der Waals surface area (Å²) in [5.74, 6) is 6.84. The summed E-state index contributed by atoms with van der Waals surface area (Å²) in [7, 11) is 0. The van der Waals surface area contributed by atoms with E-state index in [0.29, 0.717) is 17.9 Å². The Morgan fingerprint density at radius 3 is 2.75 bits per heavy atom. The Bertz CT molecular complexity index is 750. The lowest BCUT2D eigenvalue weighted by molar-refractivity contribution is 0.0955. The van der Waals surface area contributed by atoms with E-state index in [1.807, 2.05) is 37.3 Å². The third-order valence-corrected chi connectivity index (χ3v) is 3.49. The highest BCUT2D eigenvalue weighted by Crippen LogP contribution is 2.18. The van der Waals surface area contributed by atoms with Crippen molar-refractivity contribution >= 4 is 21.8 Å². The zero-order valence-electron chi connectivity index (χ0n) is 13.3. The molecule has 0 spiro atoms. The van der Waals surface area contributed by atoms with E-state index in [1.54, 1.807) is 18.2 Å². The molecule has 0 aliphatic carbocycles. The third-order valence-electron chi connectivity index (χ3n) is 3.00. The molecule has 0 aromatic heterocycles. The van der Waals surface area contributed by atoms with E-state index in [1.165, 1.54) is 0 Å². The maximum Gasteiger partial charge on any atom is 0.255 e. The van der Waals surface area contributed by atoms with Gasteiger partial charge in [0.15, 0.2) is 0 Å². The number of hydrogen-bond acceptors (Lipinski definition) is 3. The molecule has 5 heteroatoms. The minimum Gasteiger partial charge on any atom is -0.493 e. The van der Waals surface area contributed by atoms with Crippen LogP contribution in [0.25, 0.3) is 0 Å². The van der Waals surface area contributed by atoms with Crippen LogP contribution in [0.15, 0.2) is 53.0 Å². The standard InChI is InChI=1S/C19H18BrNO3/c1-2-23-18-11-4-3-10-17(18)19(22)21-12-5-6-13-24-16-9-7-8-15(20)14-16/h3-4,7-11,14H,2,12-13H2,1H3,(H,21,22). The summed E-state index contributed by atoms with van der Waals surface area (Å²) in [6.45, 7) is 2.91. The van der Waals surface area contributed by atoms with Gasteiger partial charge in [-0.25, -0.2) is 0 Å². The Morgan fingerprint density at radius 1 is 1.12 bits per heavy atom. The number of carbonyl (C=O) groups excluding carboxylic acids is 1. The smallest absolute Gasteiger partial charge is 0.255 e. The van der Waals surface area contributed by atoms with Gasteiger partial charge in [-0.1, -0.05) is 46.0 Å². The van der Waals surface area contributed by atoms with Gasteiger partial charge in [-0.2, -0.15) is 0 Å². The number of benzene rings is 2. The predicted molar refractivity (Wildman–Crippen MR) is 97.4 cm³/mol. The zero-order valence-corrected chi connectivity index (χ0v) is 14.9. The minimum atomic E-state index is -0.207. The van der Waals surface area contributed by atoms with Crippen LogP contribution in [0.3, 0.4) is 0 Å². The SMILES string of the molecule is CCOc1ccccc1C(=O)NCC#CCOc1cccc(Br)c1. The van der Waals surface area contributed by atoms with Crippen molar-refractivity contribution in [2.24, 2.45) is 0 Å². The first-order valence-corrected chi connectivity index (χ1v) is 8.34. The number of amides is 1. The molecule has 0 bridgehead atoms. The maximum atomic E-state index is 12.1. The molecule has 0 unspecified atom stereocenters. The number of nitrogens with one attached hydrogen (secondary N) is 1. The van der Waals surface area contributed by atoms with Gasteiger partial charge in [0.25, 0.3) is 5.91 Å². The molecule has 0 saturated carbocycles. The molecule has 2 aromatic carbocycles. The second-order valence-electron chi connectivity index (χ2n) is 4.71. The molecule has 0 aliphatic rings. The first-order chi connectivity index (χ1) is 11.7. The van der Waals surface area contributed by atoms with Crippen molar-refractivity contribution in [3.8, 4) is 23.3 Å². The van der Waals surface area contributed by atoms with Gasteiger partial charge in [0.05, 0.1) is 18.7 Å². The summed E-state index contributed by atoms with van der Waals surface area (Å²) in [5.41, 5.74) is 0.506. The van der Waals surface area contributed by atoms with Gasteiger partial charge >= 0.3 is 0 Å². The number of rotatable bonds is 6. The topological polar surface area (TPSA) is 47.6 Å². The molecule has 0 heterocycles. The normalized spacial score (nSPS) is 9.58. The van der Waals surface area contributed by atoms with E-state index in [2.05, 4.69) is 33.1 Å². The quantitative estimate of drug-likeness (QED) is 0.769. The highest BCUT2D eigenvalue weighted by molar-refractivity contribution is 9.10. The van der Waals surface area contributed by atoms with Crippen LogP contribution >= 0.6 is 15.9 Å². The van der Waals surface area contributed by atoms with Gasteiger partial charge in [0, 0.05) is 4.47 Å². The van der Waals surface area contributed by atoms with Crippen LogP contribution in [0.5, 0.6) is 11.5 Å². The Balaban J connectivity index is 1.79. The van der Waals surface area contributed by atoms with E-state index in [4.69, 9.17) is 9.47 Å². The Morgan fingerprint density at radius 2 is 1.96 bits per heavy atom. The molecule has 0 atom stereocenters. The largest absolute Gasteiger partial charge is 0.493 e. The van der Waals surface area contributed by atoms with Crippen molar-refractivity contribution in [1.82, 2.24) is 5.32 Å². The zero-order chi connectivity index (χ0) is 17.2. The van der Waals surface area contributed by atoms with Crippen molar-refractivity contribution in [3.05, 3.63) is 58.6 Å². The minimum absolute atomic E-state index is 0.207. The monoisotopic (exact) mass is 387 g/mol. The van der Waals surface area contributed by atoms with Crippen molar-refractivity contribution in [3.63, 3.8) is 0 Å². The van der Waals surface area contributed by atoms with Crippen molar-refractivity contribution in [2.75, 3.05) is 19.8 Å². The molecular formula is C19H18BrNO3. The third kappa shape index (κ3) is 5.64. The maximum absolute atomic E-state index is 12.1. The van der Waals surface area contributed by atoms with E-state index >= 15 is 0 Å². The fraction of sp³-hybridized carbons (Fsp3) is 0.211. The van der Waals surface area contributed by atoms with Gasteiger partial charge in [-0.3, -0.25) is 4.79 Å². The first-order valence-electron chi connectivity index (χ1n) is 7.55. The van der Waals surface area contributed by atoms with E-state index in [-0.39, 0.29) is 19.1 Å². The van der Waals surface area contributed by atoms with Crippen LogP contribution in [0.1, 0.15) is 17.3 Å². The van der Waals surface area contributed by atoms with Crippen LogP contribution in [0.4, 0.5) is 0 Å². The molecule has 4 nitrogen and oxygen atoms in total. The van der Waals surface area contributed by atoms with Gasteiger partial charge in [-0.05, 0) is 37.3 Å². The Labute approximate surface area is 150 Å². The lowest BCUT2D eigenvalue weighted by atomic mass is 10.2. The van der Waals surface area contributed by atoms with Crippen LogP contribution in [-0.2, 0) is 0 Å². The Hall–Kier alpha value is -2.45. The average molecular weight is 388 g/mol. The van der Waals surface area contributed by atoms with E-state index in [0.717, 1.165) is 10.2 Å². The van der Waals surface area contributed by atoms with Gasteiger partial charge in [0.1, 0.15) is 18.1 Å². The summed E-state index contributed by atoms with van der Waals surface area (Å²) in [4.78, 5) is 12.1. The molecule has 1 amide bonds. The van der Waals surface area contributed by atoms with Crippen molar-refractivity contribution in [1.29, 1.82) is 0 Å². The summed E-state index contributed by atoms with van der Waals surface area (Å²) < 4.78 is 11.9. The summed E-state index contributed by atoms with van der Waals surface area (Å²) in [6.07, 6.45) is 0. The molecular weight excluding hydrogens is 370 g/mol. The van der Waals surface area contributed by atoms with E-state index < -0.39 is 0 Å². The van der Waals surface area contributed by atoms with Crippen LogP contribution in [0.2, 0.25) is 0 Å². The number of halogens is 1. The highest BCUT2D eigenvalue weighted by atomic mass is 79.9. The van der Waals surface area contributed by atoms with Gasteiger partial charge in [-0.15, -0.1) is 0 Å². The number of carbonyl (C=O) groups is 1. The van der Waals surface area contributed by atoms with Gasteiger partial charge in [0.2, 0.25) is 0 Å². The summed E-state index contributed by atoms with van der Waals surface area (Å²) in [6, 6.07) is 14.7. The van der Waals surface area contributed by atoms with E-state index in [9.17, 15) is 4.79 Å². The molecule has 2 aromatic rings. The molecule has 0 fully saturated rings. The molecule has 1 N–H and O–H groups in total. The van der Waals surface area contributed by atoms with Crippen LogP contribution in [0, 0.1) is 11.8 Å². The molecule has 0 saturated heterocycles. The average Bonchev–Trinajstić information content (AvgIpc) is 2.58. The second kappa shape index (κ2) is 9.64. The van der Waals surface area contributed by atoms with Crippen molar-refractivity contribution < 1.29 is 14.3 Å². The lowest BCUT2D eigenvalue weighted by Gasteiger charge is -2.08. The number of para-hydroxylation sites is 1. The first kappa shape index (κ1) is 17.9. The fourth-order valence-electron chi connectivity index (χ4n) is 1.95. The van der Waals surface area contributed by atoms with Crippen LogP contribution in [-0.4, -0.2) is 25.7 Å². The molecule has 24 heavy (non-hydrogen) atoms. The summed E-state index contributed by atoms with van der Waals surface area (Å²) in [5, 5.41) is 2.75. The molecule has 0 aliphatic heterocycles. The number of ether oxygens (including phenoxy) is 2. The fourth-order valence-corrected chi connectivity index (χ4v) is 2.32. The lowest BCUT2D eigenvalue weighted by Crippen LogP contribution is -2.24. The molecule has 124 valence electrons. The molecule has 0 radical (unpaired) electrons. The van der Waals surface area contributed by atoms with Gasteiger partial charge < -0.3 is 14.8 Å². The number of hydrogen-bond donors (Lipinski definition) is 1. The molecule has 2 rings (SSSR count). The van der Waals surface area contributed by atoms with Crippen molar-refractivity contribution in [2.45, 2.75) is 6.92 Å². The second-order valence-corrected chi connectivity index (χ2v) is 5.63. The van der Waals surface area contributed by atoms with Crippen LogP contribution < -0.4 is 14.8 Å². The highest BCUT2D eigenvalue weighted by Gasteiger charge is 2.10.